The maximum atomic E-state index is 15.8. The van der Waals surface area contributed by atoms with Crippen LogP contribution in [0, 0.1) is 5.92 Å². The van der Waals surface area contributed by atoms with Crippen molar-refractivity contribution in [2.24, 2.45) is 5.92 Å². The van der Waals surface area contributed by atoms with E-state index in [1.807, 2.05) is 49.4 Å². The Morgan fingerprint density at radius 1 is 1.23 bits per heavy atom. The summed E-state index contributed by atoms with van der Waals surface area (Å²) >= 11 is 0. The normalized spacial score (nSPS) is 21.5. The fourth-order valence-electron chi connectivity index (χ4n) is 5.74. The minimum absolute atomic E-state index is 0.00487. The van der Waals surface area contributed by atoms with E-state index in [9.17, 15) is 4.79 Å². The SMILES string of the molecule is CO[C@H]1c2cc(N3C(=O)COc4ccccc43)ccc2O[C@@H](C(CCn2cc(CCO)nn2)[Si](C)(C)F)[C@@H]1C. The Morgan fingerprint density at radius 2 is 2.03 bits per heavy atom. The number of carbonyl (C=O) groups is 1. The number of aliphatic hydroxyl groups excluding tert-OH is 1. The van der Waals surface area contributed by atoms with Crippen molar-refractivity contribution in [3.05, 3.63) is 59.9 Å². The van der Waals surface area contributed by atoms with Crippen LogP contribution in [0.1, 0.15) is 30.7 Å². The zero-order chi connectivity index (χ0) is 27.7. The lowest BCUT2D eigenvalue weighted by Gasteiger charge is -2.43. The van der Waals surface area contributed by atoms with Gasteiger partial charge in [-0.15, -0.1) is 5.10 Å². The Hall–Kier alpha value is -3.28. The maximum absolute atomic E-state index is 15.8. The molecule has 1 amide bonds. The minimum atomic E-state index is -3.18. The van der Waals surface area contributed by atoms with Crippen molar-refractivity contribution >= 4 is 25.7 Å². The number of carbonyl (C=O) groups excluding carboxylic acids is 1. The number of para-hydroxylation sites is 2. The second-order valence-electron chi connectivity index (χ2n) is 10.7. The van der Waals surface area contributed by atoms with Gasteiger partial charge in [-0.2, -0.15) is 0 Å². The number of hydrogen-bond donors (Lipinski definition) is 1. The number of fused-ring (bicyclic) bond motifs is 2. The Labute approximate surface area is 228 Å². The van der Waals surface area contributed by atoms with E-state index in [1.54, 1.807) is 36.0 Å². The highest BCUT2D eigenvalue weighted by Gasteiger charge is 2.47. The van der Waals surface area contributed by atoms with Crippen LogP contribution in [0.25, 0.3) is 0 Å². The molecule has 1 N–H and O–H groups in total. The van der Waals surface area contributed by atoms with Crippen molar-refractivity contribution in [2.75, 3.05) is 25.2 Å². The van der Waals surface area contributed by atoms with E-state index < -0.39 is 14.5 Å². The molecule has 0 saturated heterocycles. The zero-order valence-electron chi connectivity index (χ0n) is 22.7. The molecule has 39 heavy (non-hydrogen) atoms. The van der Waals surface area contributed by atoms with Gasteiger partial charge in [0.2, 0.25) is 8.41 Å². The molecule has 2 aromatic carbocycles. The summed E-state index contributed by atoms with van der Waals surface area (Å²) in [6.07, 6.45) is 2.03. The molecule has 1 unspecified atom stereocenters. The summed E-state index contributed by atoms with van der Waals surface area (Å²) in [5, 5.41) is 17.4. The second kappa shape index (κ2) is 11.1. The van der Waals surface area contributed by atoms with Gasteiger partial charge < -0.3 is 23.4 Å². The highest BCUT2D eigenvalue weighted by molar-refractivity contribution is 6.72. The number of halogens is 1. The van der Waals surface area contributed by atoms with Crippen LogP contribution in [0.2, 0.25) is 18.6 Å². The number of ether oxygens (including phenoxy) is 3. The number of methoxy groups -OCH3 is 1. The Morgan fingerprint density at radius 3 is 2.77 bits per heavy atom. The number of amides is 1. The predicted octanol–water partition coefficient (Wildman–Crippen LogP) is 4.59. The summed E-state index contributed by atoms with van der Waals surface area (Å²) in [5.41, 5.74) is 2.60. The second-order valence-corrected chi connectivity index (χ2v) is 14.6. The molecule has 9 nitrogen and oxygen atoms in total. The van der Waals surface area contributed by atoms with E-state index in [4.69, 9.17) is 19.3 Å². The largest absolute Gasteiger partial charge is 0.490 e. The standard InChI is InChI=1S/C28H35FN4O5Si/c1-18-27(36-2)21-15-20(33-22-7-5-6-8-24(22)37-17-26(33)35)9-10-23(21)38-28(18)25(39(3,4)29)11-13-32-16-19(12-14-34)30-31-32/h5-10,15-16,18,25,27-28,34H,11-14,17H2,1-4H3/t18-,25?,27-,28-/m1/s1. The van der Waals surface area contributed by atoms with Gasteiger partial charge in [0, 0.05) is 55.6 Å². The van der Waals surface area contributed by atoms with Crippen LogP contribution in [0.4, 0.5) is 15.5 Å². The molecular formula is C28H35FN4O5Si. The number of aryl methyl sites for hydroxylation is 1. The third-order valence-corrected chi connectivity index (χ3v) is 10.1. The van der Waals surface area contributed by atoms with E-state index in [2.05, 4.69) is 10.3 Å². The highest BCUT2D eigenvalue weighted by Crippen LogP contribution is 2.49. The van der Waals surface area contributed by atoms with Crippen molar-refractivity contribution in [2.45, 2.75) is 57.2 Å². The van der Waals surface area contributed by atoms with E-state index in [1.165, 1.54) is 0 Å². The Balaban J connectivity index is 1.43. The molecule has 0 spiro atoms. The van der Waals surface area contributed by atoms with Gasteiger partial charge in [-0.3, -0.25) is 14.4 Å². The molecule has 4 atom stereocenters. The summed E-state index contributed by atoms with van der Waals surface area (Å²) in [4.78, 5) is 14.6. The first kappa shape index (κ1) is 27.3. The van der Waals surface area contributed by atoms with Gasteiger partial charge in [-0.25, -0.2) is 0 Å². The molecule has 0 aliphatic carbocycles. The summed E-state index contributed by atoms with van der Waals surface area (Å²) in [7, 11) is -1.52. The van der Waals surface area contributed by atoms with E-state index >= 15 is 4.11 Å². The molecule has 0 radical (unpaired) electrons. The first-order chi connectivity index (χ1) is 18.7. The molecule has 0 bridgehead atoms. The molecule has 208 valence electrons. The number of benzene rings is 2. The maximum Gasteiger partial charge on any atom is 0.269 e. The predicted molar refractivity (Wildman–Crippen MR) is 147 cm³/mol. The zero-order valence-corrected chi connectivity index (χ0v) is 23.7. The Bertz CT molecular complexity index is 1330. The van der Waals surface area contributed by atoms with Gasteiger partial charge in [0.1, 0.15) is 17.6 Å². The molecule has 3 aromatic rings. The molecule has 1 aromatic heterocycles. The van der Waals surface area contributed by atoms with Crippen LogP contribution in [0.3, 0.4) is 0 Å². The molecule has 0 saturated carbocycles. The van der Waals surface area contributed by atoms with Gasteiger partial charge in [-0.05, 0) is 49.8 Å². The fourth-order valence-corrected chi connectivity index (χ4v) is 7.70. The molecular weight excluding hydrogens is 519 g/mol. The number of nitrogens with zero attached hydrogens (tertiary/aromatic N) is 4. The van der Waals surface area contributed by atoms with Crippen LogP contribution in [-0.2, 0) is 22.5 Å². The van der Waals surface area contributed by atoms with E-state index in [0.717, 1.165) is 5.56 Å². The van der Waals surface area contributed by atoms with Crippen molar-refractivity contribution in [3.8, 4) is 11.5 Å². The van der Waals surface area contributed by atoms with Crippen LogP contribution < -0.4 is 14.4 Å². The third kappa shape index (κ3) is 5.43. The van der Waals surface area contributed by atoms with Crippen molar-refractivity contribution in [1.29, 1.82) is 0 Å². The van der Waals surface area contributed by atoms with Crippen LogP contribution in [0.5, 0.6) is 11.5 Å². The number of hydrogen-bond acceptors (Lipinski definition) is 7. The summed E-state index contributed by atoms with van der Waals surface area (Å²) in [6.45, 7) is 5.93. The van der Waals surface area contributed by atoms with Crippen LogP contribution in [-0.4, -0.2) is 60.8 Å². The minimum Gasteiger partial charge on any atom is -0.490 e. The summed E-state index contributed by atoms with van der Waals surface area (Å²) in [6, 6.07) is 13.1. The first-order valence-corrected chi connectivity index (χ1v) is 16.2. The molecule has 5 rings (SSSR count). The number of rotatable bonds is 9. The smallest absolute Gasteiger partial charge is 0.269 e. The lowest BCUT2D eigenvalue weighted by molar-refractivity contribution is -0.120. The summed E-state index contributed by atoms with van der Waals surface area (Å²) in [5.74, 6) is 0.984. The molecule has 2 aliphatic rings. The lowest BCUT2D eigenvalue weighted by atomic mass is 9.86. The van der Waals surface area contributed by atoms with E-state index in [-0.39, 0.29) is 36.7 Å². The van der Waals surface area contributed by atoms with Gasteiger partial charge in [-0.1, -0.05) is 24.3 Å². The fraction of sp³-hybridized carbons (Fsp3) is 0.464. The third-order valence-electron chi connectivity index (χ3n) is 7.68. The quantitative estimate of drug-likeness (QED) is 0.305. The molecule has 2 aliphatic heterocycles. The van der Waals surface area contributed by atoms with Crippen molar-refractivity contribution in [1.82, 2.24) is 15.0 Å². The average molecular weight is 555 g/mol. The Kier molecular flexibility index (Phi) is 7.74. The van der Waals surface area contributed by atoms with Crippen molar-refractivity contribution < 1.29 is 28.2 Å². The number of anilines is 2. The number of aliphatic hydroxyl groups is 1. The first-order valence-electron chi connectivity index (χ1n) is 13.3. The number of aromatic nitrogens is 3. The highest BCUT2D eigenvalue weighted by atomic mass is 28.4. The molecule has 11 heteroatoms. The lowest BCUT2D eigenvalue weighted by Crippen LogP contribution is -2.46. The topological polar surface area (TPSA) is 98.9 Å². The van der Waals surface area contributed by atoms with Crippen molar-refractivity contribution in [3.63, 3.8) is 0 Å². The van der Waals surface area contributed by atoms with Gasteiger partial charge in [0.25, 0.3) is 5.91 Å². The van der Waals surface area contributed by atoms with Crippen LogP contribution >= 0.6 is 0 Å². The van der Waals surface area contributed by atoms with Crippen LogP contribution in [0.15, 0.2) is 48.7 Å². The van der Waals surface area contributed by atoms with Gasteiger partial charge >= 0.3 is 0 Å². The molecule has 3 heterocycles. The average Bonchev–Trinajstić information content (AvgIpc) is 3.35. The van der Waals surface area contributed by atoms with E-state index in [0.29, 0.717) is 48.0 Å². The van der Waals surface area contributed by atoms with Gasteiger partial charge in [0.05, 0.1) is 17.5 Å². The van der Waals surface area contributed by atoms with Gasteiger partial charge in [0.15, 0.2) is 6.61 Å². The molecule has 0 fully saturated rings. The summed E-state index contributed by atoms with van der Waals surface area (Å²) < 4.78 is 35.7. The monoisotopic (exact) mass is 554 g/mol.